The van der Waals surface area contributed by atoms with Gasteiger partial charge in [0.2, 0.25) is 5.91 Å². The molecule has 2 aromatic heterocycles. The van der Waals surface area contributed by atoms with Crippen LogP contribution < -0.4 is 5.32 Å². The van der Waals surface area contributed by atoms with Gasteiger partial charge in [-0.05, 0) is 49.7 Å². The summed E-state index contributed by atoms with van der Waals surface area (Å²) in [5.41, 5.74) is 4.27. The van der Waals surface area contributed by atoms with Crippen molar-refractivity contribution >= 4 is 39.2 Å². The van der Waals surface area contributed by atoms with Crippen molar-refractivity contribution in [3.8, 4) is 0 Å². The quantitative estimate of drug-likeness (QED) is 0.517. The number of carbonyl (C=O) groups is 2. The van der Waals surface area contributed by atoms with Gasteiger partial charge in [-0.3, -0.25) is 14.6 Å². The number of pyridine rings is 1. The van der Waals surface area contributed by atoms with Gasteiger partial charge in [-0.1, -0.05) is 18.2 Å². The Morgan fingerprint density at radius 2 is 1.78 bits per heavy atom. The van der Waals surface area contributed by atoms with Crippen LogP contribution in [0.1, 0.15) is 29.4 Å². The first-order valence-corrected chi connectivity index (χ1v) is 8.86. The van der Waals surface area contributed by atoms with Crippen molar-refractivity contribution in [3.05, 3.63) is 72.1 Å². The molecular weight excluding hydrogens is 338 g/mol. The lowest BCUT2D eigenvalue weighted by molar-refractivity contribution is -0.116. The molecule has 4 aromatic rings. The van der Waals surface area contributed by atoms with Gasteiger partial charge in [-0.15, -0.1) is 0 Å². The summed E-state index contributed by atoms with van der Waals surface area (Å²) in [6.45, 7) is 1.52. The van der Waals surface area contributed by atoms with Gasteiger partial charge < -0.3 is 10.3 Å². The van der Waals surface area contributed by atoms with Crippen LogP contribution in [0.4, 0.5) is 5.69 Å². The van der Waals surface area contributed by atoms with Gasteiger partial charge in [0.05, 0.1) is 11.7 Å². The maximum atomic E-state index is 12.2. The molecule has 0 aliphatic carbocycles. The minimum Gasteiger partial charge on any atom is -0.353 e. The number of ketones is 1. The average Bonchev–Trinajstić information content (AvgIpc) is 3.05. The molecule has 5 nitrogen and oxygen atoms in total. The third-order valence-corrected chi connectivity index (χ3v) is 4.63. The van der Waals surface area contributed by atoms with Crippen molar-refractivity contribution in [2.24, 2.45) is 0 Å². The zero-order valence-electron chi connectivity index (χ0n) is 15.0. The molecule has 0 unspecified atom stereocenters. The predicted octanol–water partition coefficient (Wildman–Crippen LogP) is 4.49. The SMILES string of the molecule is CC(=O)c1ccc(NC(=O)CCc2cc3c(cn2)[nH]c2ccccc23)cc1. The van der Waals surface area contributed by atoms with Gasteiger partial charge in [0.25, 0.3) is 0 Å². The number of rotatable bonds is 5. The molecule has 0 spiro atoms. The van der Waals surface area contributed by atoms with Gasteiger partial charge in [0.1, 0.15) is 0 Å². The number of para-hydroxylation sites is 1. The summed E-state index contributed by atoms with van der Waals surface area (Å²) in [7, 11) is 0. The highest BCUT2D eigenvalue weighted by Gasteiger charge is 2.08. The normalized spacial score (nSPS) is 11.0. The van der Waals surface area contributed by atoms with Crippen LogP contribution in [-0.4, -0.2) is 21.7 Å². The van der Waals surface area contributed by atoms with E-state index >= 15 is 0 Å². The molecule has 0 atom stereocenters. The minimum atomic E-state index is -0.0774. The third kappa shape index (κ3) is 3.58. The fraction of sp³-hybridized carbons (Fsp3) is 0.136. The van der Waals surface area contributed by atoms with E-state index in [1.165, 1.54) is 6.92 Å². The van der Waals surface area contributed by atoms with Crippen molar-refractivity contribution in [1.82, 2.24) is 9.97 Å². The highest BCUT2D eigenvalue weighted by atomic mass is 16.1. The lowest BCUT2D eigenvalue weighted by Crippen LogP contribution is -2.12. The number of H-pyrrole nitrogens is 1. The van der Waals surface area contributed by atoms with E-state index in [9.17, 15) is 9.59 Å². The Hall–Kier alpha value is -3.47. The number of amides is 1. The summed E-state index contributed by atoms with van der Waals surface area (Å²) in [4.78, 5) is 31.3. The van der Waals surface area contributed by atoms with Gasteiger partial charge in [-0.25, -0.2) is 0 Å². The number of carbonyl (C=O) groups excluding carboxylic acids is 2. The summed E-state index contributed by atoms with van der Waals surface area (Å²) in [6.07, 6.45) is 2.73. The number of Topliss-reactive ketones (excluding diaryl/α,β-unsaturated/α-hetero) is 1. The average molecular weight is 357 g/mol. The number of aromatic nitrogens is 2. The summed E-state index contributed by atoms with van der Waals surface area (Å²) < 4.78 is 0. The second kappa shape index (κ2) is 7.03. The van der Waals surface area contributed by atoms with Crippen LogP contribution in [0.2, 0.25) is 0 Å². The van der Waals surface area contributed by atoms with Crippen molar-refractivity contribution in [1.29, 1.82) is 0 Å². The number of anilines is 1. The van der Waals surface area contributed by atoms with E-state index in [-0.39, 0.29) is 11.7 Å². The number of hydrogen-bond donors (Lipinski definition) is 2. The number of nitrogens with one attached hydrogen (secondary N) is 2. The van der Waals surface area contributed by atoms with Crippen LogP contribution in [0.3, 0.4) is 0 Å². The first kappa shape index (κ1) is 17.0. The maximum absolute atomic E-state index is 12.2. The number of hydrogen-bond acceptors (Lipinski definition) is 3. The molecule has 5 heteroatoms. The van der Waals surface area contributed by atoms with Crippen LogP contribution >= 0.6 is 0 Å². The number of aromatic amines is 1. The lowest BCUT2D eigenvalue weighted by atomic mass is 10.1. The van der Waals surface area contributed by atoms with E-state index in [4.69, 9.17) is 0 Å². The molecule has 0 radical (unpaired) electrons. The van der Waals surface area contributed by atoms with Crippen molar-refractivity contribution in [2.75, 3.05) is 5.32 Å². The van der Waals surface area contributed by atoms with Crippen LogP contribution in [0.5, 0.6) is 0 Å². The third-order valence-electron chi connectivity index (χ3n) is 4.63. The largest absolute Gasteiger partial charge is 0.353 e. The van der Waals surface area contributed by atoms with Crippen molar-refractivity contribution in [2.45, 2.75) is 19.8 Å². The fourth-order valence-electron chi connectivity index (χ4n) is 3.18. The monoisotopic (exact) mass is 357 g/mol. The first-order chi connectivity index (χ1) is 13.1. The van der Waals surface area contributed by atoms with E-state index in [0.29, 0.717) is 24.1 Å². The molecule has 1 amide bonds. The van der Waals surface area contributed by atoms with E-state index < -0.39 is 0 Å². The summed E-state index contributed by atoms with van der Waals surface area (Å²) >= 11 is 0. The summed E-state index contributed by atoms with van der Waals surface area (Å²) in [6, 6.07) is 17.1. The first-order valence-electron chi connectivity index (χ1n) is 8.86. The molecule has 0 bridgehead atoms. The van der Waals surface area contributed by atoms with Crippen molar-refractivity contribution < 1.29 is 9.59 Å². The maximum Gasteiger partial charge on any atom is 0.224 e. The van der Waals surface area contributed by atoms with Crippen LogP contribution in [0.15, 0.2) is 60.8 Å². The van der Waals surface area contributed by atoms with Crippen LogP contribution in [-0.2, 0) is 11.2 Å². The number of benzene rings is 2. The Labute approximate surface area is 156 Å². The van der Waals surface area contributed by atoms with Gasteiger partial charge in [-0.2, -0.15) is 0 Å². The van der Waals surface area contributed by atoms with Gasteiger partial charge in [0, 0.05) is 39.7 Å². The molecule has 134 valence electrons. The molecule has 0 saturated heterocycles. The molecule has 2 aromatic carbocycles. The molecule has 0 aliphatic heterocycles. The molecule has 0 fully saturated rings. The number of aryl methyl sites for hydroxylation is 1. The predicted molar refractivity (Wildman–Crippen MR) is 107 cm³/mol. The van der Waals surface area contributed by atoms with E-state index in [0.717, 1.165) is 27.5 Å². The Bertz CT molecular complexity index is 1140. The van der Waals surface area contributed by atoms with Crippen LogP contribution in [0.25, 0.3) is 21.8 Å². The highest BCUT2D eigenvalue weighted by molar-refractivity contribution is 6.07. The Morgan fingerprint density at radius 1 is 1.00 bits per heavy atom. The van der Waals surface area contributed by atoms with E-state index in [1.54, 1.807) is 24.3 Å². The fourth-order valence-corrected chi connectivity index (χ4v) is 3.18. The number of fused-ring (bicyclic) bond motifs is 3. The highest BCUT2D eigenvalue weighted by Crippen LogP contribution is 2.25. The Morgan fingerprint density at radius 3 is 2.56 bits per heavy atom. The second-order valence-electron chi connectivity index (χ2n) is 6.57. The molecule has 4 rings (SSSR count). The smallest absolute Gasteiger partial charge is 0.224 e. The molecule has 2 N–H and O–H groups in total. The van der Waals surface area contributed by atoms with Crippen molar-refractivity contribution in [3.63, 3.8) is 0 Å². The second-order valence-corrected chi connectivity index (χ2v) is 6.57. The summed E-state index contributed by atoms with van der Waals surface area (Å²) in [5, 5.41) is 5.14. The van der Waals surface area contributed by atoms with Gasteiger partial charge >= 0.3 is 0 Å². The molecule has 0 aliphatic rings. The molecule has 0 saturated carbocycles. The molecular formula is C22H19N3O2. The number of nitrogens with zero attached hydrogens (tertiary/aromatic N) is 1. The van der Waals surface area contributed by atoms with E-state index in [1.807, 2.05) is 30.5 Å². The zero-order chi connectivity index (χ0) is 18.8. The van der Waals surface area contributed by atoms with Crippen LogP contribution in [0, 0.1) is 0 Å². The van der Waals surface area contributed by atoms with E-state index in [2.05, 4.69) is 21.4 Å². The minimum absolute atomic E-state index is 0.00613. The standard InChI is InChI=1S/C22H19N3O2/c1-14(26)15-6-8-16(9-7-15)24-22(27)11-10-17-12-19-18-4-2-3-5-20(18)25-21(19)13-23-17/h2-9,12-13,25H,10-11H2,1H3,(H,24,27). The molecule has 27 heavy (non-hydrogen) atoms. The van der Waals surface area contributed by atoms with Gasteiger partial charge in [0.15, 0.2) is 5.78 Å². The zero-order valence-corrected chi connectivity index (χ0v) is 15.0. The Balaban J connectivity index is 1.44. The lowest BCUT2D eigenvalue weighted by Gasteiger charge is -2.06. The summed E-state index contributed by atoms with van der Waals surface area (Å²) in [5.74, 6) is -0.0713. The topological polar surface area (TPSA) is 74.8 Å². The molecule has 2 heterocycles. The Kier molecular flexibility index (Phi) is 4.42.